The molecule has 1 spiro atoms. The van der Waals surface area contributed by atoms with Gasteiger partial charge in [0, 0.05) is 64.9 Å². The molecule has 3 aromatic rings. The second-order valence-corrected chi connectivity index (χ2v) is 10.7. The van der Waals surface area contributed by atoms with Gasteiger partial charge in [-0.3, -0.25) is 29.6 Å². The van der Waals surface area contributed by atoms with E-state index >= 15 is 0 Å². The number of nitro groups is 1. The molecule has 3 aliphatic rings. The van der Waals surface area contributed by atoms with Crippen LogP contribution in [0.2, 0.25) is 0 Å². The van der Waals surface area contributed by atoms with E-state index in [9.17, 15) is 19.7 Å². The molecular formula is C27H24N4O4S. The van der Waals surface area contributed by atoms with E-state index in [1.54, 1.807) is 48.4 Å². The summed E-state index contributed by atoms with van der Waals surface area (Å²) in [7, 11) is 0. The van der Waals surface area contributed by atoms with Gasteiger partial charge in [0.1, 0.15) is 5.54 Å². The second kappa shape index (κ2) is 8.25. The van der Waals surface area contributed by atoms with Gasteiger partial charge in [-0.2, -0.15) is 0 Å². The summed E-state index contributed by atoms with van der Waals surface area (Å²) in [6.45, 7) is 3.97. The first kappa shape index (κ1) is 22.9. The van der Waals surface area contributed by atoms with Gasteiger partial charge in [0.2, 0.25) is 5.91 Å². The topological polar surface area (TPSA) is 105 Å². The van der Waals surface area contributed by atoms with Crippen LogP contribution in [0.3, 0.4) is 0 Å². The molecule has 1 amide bonds. The summed E-state index contributed by atoms with van der Waals surface area (Å²) in [5.74, 6) is -0.0146. The van der Waals surface area contributed by atoms with Crippen LogP contribution in [0, 0.1) is 29.9 Å². The molecule has 3 aliphatic heterocycles. The lowest BCUT2D eigenvalue weighted by molar-refractivity contribution is -0.384. The number of nitrogens with one attached hydrogen (secondary N) is 1. The number of Topliss-reactive ketones (excluding diaryl/α,β-unsaturated/α-hetero) is 1. The van der Waals surface area contributed by atoms with Crippen LogP contribution in [0.5, 0.6) is 0 Å². The Balaban J connectivity index is 1.62. The molecule has 0 unspecified atom stereocenters. The number of hydrogen-bond donors (Lipinski definition) is 1. The van der Waals surface area contributed by atoms with Crippen LogP contribution in [0.25, 0.3) is 0 Å². The average molecular weight is 501 g/mol. The van der Waals surface area contributed by atoms with Crippen LogP contribution in [-0.4, -0.2) is 44.2 Å². The molecule has 1 N–H and O–H groups in total. The molecule has 0 bridgehead atoms. The number of amides is 1. The summed E-state index contributed by atoms with van der Waals surface area (Å²) in [5, 5.41) is 14.4. The van der Waals surface area contributed by atoms with Crippen LogP contribution >= 0.6 is 11.8 Å². The number of anilines is 1. The van der Waals surface area contributed by atoms with Crippen LogP contribution < -0.4 is 5.32 Å². The molecule has 4 atom stereocenters. The van der Waals surface area contributed by atoms with Crippen LogP contribution in [0.15, 0.2) is 60.9 Å². The third-order valence-electron chi connectivity index (χ3n) is 7.79. The van der Waals surface area contributed by atoms with E-state index < -0.39 is 16.4 Å². The molecule has 182 valence electrons. The van der Waals surface area contributed by atoms with E-state index in [2.05, 4.69) is 15.2 Å². The average Bonchev–Trinajstić information content (AvgIpc) is 3.53. The number of non-ortho nitro benzene ring substituents is 1. The zero-order valence-electron chi connectivity index (χ0n) is 19.8. The fourth-order valence-electron chi connectivity index (χ4n) is 6.41. The number of hydrogen-bond acceptors (Lipinski definition) is 7. The first-order chi connectivity index (χ1) is 17.3. The lowest BCUT2D eigenvalue weighted by atomic mass is 9.69. The Hall–Kier alpha value is -3.56. The molecular weight excluding hydrogens is 476 g/mol. The Kier molecular flexibility index (Phi) is 5.24. The van der Waals surface area contributed by atoms with Gasteiger partial charge in [0.25, 0.3) is 5.69 Å². The van der Waals surface area contributed by atoms with Crippen molar-refractivity contribution in [3.63, 3.8) is 0 Å². The van der Waals surface area contributed by atoms with Crippen molar-refractivity contribution in [2.45, 2.75) is 31.3 Å². The first-order valence-electron chi connectivity index (χ1n) is 11.8. The summed E-state index contributed by atoms with van der Waals surface area (Å²) in [4.78, 5) is 45.7. The Bertz CT molecular complexity index is 1410. The minimum Gasteiger partial charge on any atom is -0.324 e. The van der Waals surface area contributed by atoms with Crippen molar-refractivity contribution < 1.29 is 14.5 Å². The maximum Gasteiger partial charge on any atom is 0.269 e. The van der Waals surface area contributed by atoms with Crippen LogP contribution in [0.4, 0.5) is 11.4 Å². The number of ketones is 1. The highest BCUT2D eigenvalue weighted by molar-refractivity contribution is 7.99. The maximum absolute atomic E-state index is 14.4. The van der Waals surface area contributed by atoms with Gasteiger partial charge in [0.05, 0.1) is 10.8 Å². The van der Waals surface area contributed by atoms with E-state index in [1.807, 2.05) is 26.0 Å². The van der Waals surface area contributed by atoms with Crippen molar-refractivity contribution in [3.8, 4) is 0 Å². The molecule has 0 aliphatic carbocycles. The quantitative estimate of drug-likeness (QED) is 0.321. The van der Waals surface area contributed by atoms with Crippen molar-refractivity contribution in [1.82, 2.24) is 9.88 Å². The standard InChI is InChI=1S/C27H24N4O4S/c1-15-10-16(2)24-20(11-15)27(26(33)29-24)23(25(32)18-4-3-9-28-12-18)22(21-13-36-14-30(21)27)17-5-7-19(8-6-17)31(34)35/h3-12,21-23H,13-14H2,1-2H3,(H,29,33)/t21-,22-,23+,27-/m1/s1. The van der Waals surface area contributed by atoms with Crippen molar-refractivity contribution in [2.24, 2.45) is 5.92 Å². The summed E-state index contributed by atoms with van der Waals surface area (Å²) < 4.78 is 0. The van der Waals surface area contributed by atoms with Crippen molar-refractivity contribution in [2.75, 3.05) is 16.9 Å². The molecule has 6 rings (SSSR count). The number of aryl methyl sites for hydroxylation is 2. The van der Waals surface area contributed by atoms with E-state index in [0.717, 1.165) is 33.7 Å². The Morgan fingerprint density at radius 1 is 1.22 bits per heavy atom. The van der Waals surface area contributed by atoms with Gasteiger partial charge < -0.3 is 5.32 Å². The van der Waals surface area contributed by atoms with Crippen molar-refractivity contribution in [3.05, 3.63) is 98.9 Å². The molecule has 36 heavy (non-hydrogen) atoms. The lowest BCUT2D eigenvalue weighted by Gasteiger charge is -2.36. The van der Waals surface area contributed by atoms with Gasteiger partial charge in [-0.25, -0.2) is 0 Å². The fraction of sp³-hybridized carbons (Fsp3) is 0.296. The maximum atomic E-state index is 14.4. The van der Waals surface area contributed by atoms with Crippen LogP contribution in [0.1, 0.15) is 38.5 Å². The van der Waals surface area contributed by atoms with Crippen LogP contribution in [-0.2, 0) is 10.3 Å². The highest BCUT2D eigenvalue weighted by Gasteiger charge is 2.69. The van der Waals surface area contributed by atoms with E-state index in [1.165, 1.54) is 12.1 Å². The minimum absolute atomic E-state index is 0.00514. The monoisotopic (exact) mass is 500 g/mol. The zero-order valence-corrected chi connectivity index (χ0v) is 20.6. The normalized spacial score (nSPS) is 26.6. The van der Waals surface area contributed by atoms with Crippen molar-refractivity contribution >= 4 is 34.8 Å². The van der Waals surface area contributed by atoms with Crippen molar-refractivity contribution in [1.29, 1.82) is 0 Å². The Morgan fingerprint density at radius 2 is 2.00 bits per heavy atom. The van der Waals surface area contributed by atoms with E-state index in [0.29, 0.717) is 11.4 Å². The molecule has 4 heterocycles. The summed E-state index contributed by atoms with van der Waals surface area (Å²) in [6, 6.07) is 13.9. The molecule has 9 heteroatoms. The smallest absolute Gasteiger partial charge is 0.269 e. The Labute approximate surface area is 212 Å². The Morgan fingerprint density at radius 3 is 2.69 bits per heavy atom. The largest absolute Gasteiger partial charge is 0.324 e. The summed E-state index contributed by atoms with van der Waals surface area (Å²) in [6.07, 6.45) is 3.17. The molecule has 0 radical (unpaired) electrons. The summed E-state index contributed by atoms with van der Waals surface area (Å²) in [5.41, 5.74) is 3.69. The number of carbonyl (C=O) groups excluding carboxylic acids is 2. The number of nitrogens with zero attached hydrogens (tertiary/aromatic N) is 3. The number of nitro benzene ring substituents is 1. The third-order valence-corrected chi connectivity index (χ3v) is 8.83. The SMILES string of the molecule is Cc1cc(C)c2c(c1)[C@]1(C(=O)N2)[C@H](C(=O)c2cccnc2)[C@H](c2ccc([N+](=O)[O-])cc2)[C@H]2CSCN21. The highest BCUT2D eigenvalue weighted by atomic mass is 32.2. The second-order valence-electron chi connectivity index (χ2n) is 9.72. The fourth-order valence-corrected chi connectivity index (χ4v) is 7.74. The van der Waals surface area contributed by atoms with Gasteiger partial charge in [-0.05, 0) is 37.1 Å². The predicted octanol–water partition coefficient (Wildman–Crippen LogP) is 4.43. The van der Waals surface area contributed by atoms with E-state index in [-0.39, 0.29) is 29.3 Å². The molecule has 2 aromatic carbocycles. The number of aromatic nitrogens is 1. The number of thioether (sulfide) groups is 1. The lowest BCUT2D eigenvalue weighted by Crippen LogP contribution is -2.52. The predicted molar refractivity (Wildman–Crippen MR) is 137 cm³/mol. The molecule has 8 nitrogen and oxygen atoms in total. The number of rotatable bonds is 4. The number of fused-ring (bicyclic) bond motifs is 4. The number of benzene rings is 2. The van der Waals surface area contributed by atoms with Gasteiger partial charge in [-0.15, -0.1) is 11.8 Å². The minimum atomic E-state index is -1.18. The highest BCUT2D eigenvalue weighted by Crippen LogP contribution is 2.61. The summed E-state index contributed by atoms with van der Waals surface area (Å²) >= 11 is 1.74. The molecule has 2 fully saturated rings. The van der Waals surface area contributed by atoms with Gasteiger partial charge in [-0.1, -0.05) is 29.8 Å². The van der Waals surface area contributed by atoms with Gasteiger partial charge >= 0.3 is 0 Å². The molecule has 1 aromatic heterocycles. The third kappa shape index (κ3) is 3.09. The molecule has 2 saturated heterocycles. The van der Waals surface area contributed by atoms with E-state index in [4.69, 9.17) is 0 Å². The first-order valence-corrected chi connectivity index (χ1v) is 13.0. The molecule has 0 saturated carbocycles. The van der Waals surface area contributed by atoms with Gasteiger partial charge in [0.15, 0.2) is 5.78 Å². The number of pyridine rings is 1. The number of carbonyl (C=O) groups is 2. The zero-order chi connectivity index (χ0) is 25.2.